The van der Waals surface area contributed by atoms with E-state index in [9.17, 15) is 0 Å². The molecule has 0 atom stereocenters. The zero-order valence-electron chi connectivity index (χ0n) is 4.44. The highest BCUT2D eigenvalue weighted by Crippen LogP contribution is 2.00. The topological polar surface area (TPSA) is 23.9 Å². The van der Waals surface area contributed by atoms with Crippen LogP contribution in [0.15, 0.2) is 12.2 Å². The first-order valence-electron chi connectivity index (χ1n) is 2.10. The molecule has 0 saturated carbocycles. The van der Waals surface area contributed by atoms with Crippen molar-refractivity contribution in [2.24, 2.45) is 0 Å². The fourth-order valence-electron chi connectivity index (χ4n) is 0.201. The Labute approximate surface area is 46.7 Å². The van der Waals surface area contributed by atoms with Gasteiger partial charge >= 0.3 is 0 Å². The Balaban J connectivity index is 2.97. The van der Waals surface area contributed by atoms with E-state index in [0.29, 0.717) is 8.25 Å². The maximum atomic E-state index is 6.67. The first-order valence-corrected chi connectivity index (χ1v) is 3.06. The molecule has 37 valence electrons. The van der Waals surface area contributed by atoms with Crippen molar-refractivity contribution >= 4 is 15.3 Å². The summed E-state index contributed by atoms with van der Waals surface area (Å²) in [7, 11) is 0.604. The van der Waals surface area contributed by atoms with Gasteiger partial charge in [0.1, 0.15) is 0 Å². The van der Waals surface area contributed by atoms with Crippen LogP contribution < -0.4 is 0 Å². The third-order valence-electron chi connectivity index (χ3n) is 0.531. The lowest BCUT2D eigenvalue weighted by atomic mass is 9.98. The van der Waals surface area contributed by atoms with Gasteiger partial charge in [-0.05, 0) is 13.2 Å². The predicted octanol–water partition coefficient (Wildman–Crippen LogP) is 2.31. The molecule has 1 nitrogen and oxygen atoms in total. The molecule has 0 fully saturated rings. The number of hydrogen-bond acceptors (Lipinski definition) is 1. The van der Waals surface area contributed by atoms with Crippen LogP contribution in [0.2, 0.25) is 6.32 Å². The second-order valence-electron chi connectivity index (χ2n) is 1.47. The summed E-state index contributed by atoms with van der Waals surface area (Å²) in [4.78, 5) is 0. The van der Waals surface area contributed by atoms with Crippen LogP contribution >= 0.6 is 8.25 Å². The number of hydrogen-bond donors (Lipinski definition) is 1. The predicted molar refractivity (Wildman–Crippen MR) is 35.0 cm³/mol. The molecular formula is C4H8BNP. The summed E-state index contributed by atoms with van der Waals surface area (Å²) >= 11 is 0. The fourth-order valence-corrected chi connectivity index (χ4v) is 0.604. The molecule has 0 aromatic rings. The Morgan fingerprint density at radius 2 is 2.57 bits per heavy atom. The molecule has 0 aliphatic heterocycles. The van der Waals surface area contributed by atoms with Crippen molar-refractivity contribution in [3.63, 3.8) is 0 Å². The highest BCUT2D eigenvalue weighted by atomic mass is 31.1. The Morgan fingerprint density at radius 3 is 2.71 bits per heavy atom. The molecule has 0 aliphatic carbocycles. The molecule has 0 bridgehead atoms. The Morgan fingerprint density at radius 1 is 2.00 bits per heavy atom. The van der Waals surface area contributed by atoms with Gasteiger partial charge in [-0.2, -0.15) is 0 Å². The average molecular weight is 112 g/mol. The molecule has 0 heterocycles. The first kappa shape index (κ1) is 6.90. The minimum Gasteiger partial charge on any atom is -0.296 e. The van der Waals surface area contributed by atoms with Crippen LogP contribution in [-0.4, -0.2) is 7.00 Å². The van der Waals surface area contributed by atoms with Crippen molar-refractivity contribution in [1.29, 1.82) is 5.16 Å². The zero-order valence-corrected chi connectivity index (χ0v) is 5.33. The van der Waals surface area contributed by atoms with Crippen molar-refractivity contribution in [1.82, 2.24) is 0 Å². The van der Waals surface area contributed by atoms with Gasteiger partial charge in [0.15, 0.2) is 0 Å². The molecule has 1 N–H and O–H groups in total. The van der Waals surface area contributed by atoms with Crippen molar-refractivity contribution in [3.8, 4) is 0 Å². The maximum absolute atomic E-state index is 6.67. The highest BCUT2D eigenvalue weighted by molar-refractivity contribution is 7.61. The number of rotatable bonds is 3. The molecule has 3 heteroatoms. The van der Waals surface area contributed by atoms with E-state index in [1.54, 1.807) is 0 Å². The van der Waals surface area contributed by atoms with Crippen LogP contribution in [0.25, 0.3) is 0 Å². The molecule has 0 rings (SSSR count). The lowest BCUT2D eigenvalue weighted by molar-refractivity contribution is 1.41. The molecule has 7 heavy (non-hydrogen) atoms. The Hall–Kier alpha value is -0.0951. The van der Waals surface area contributed by atoms with Gasteiger partial charge in [-0.3, -0.25) is 5.16 Å². The van der Waals surface area contributed by atoms with Gasteiger partial charge in [0.05, 0.1) is 0 Å². The smallest absolute Gasteiger partial charge is 0.213 e. The fraction of sp³-hybridized carbons (Fsp3) is 0.500. The van der Waals surface area contributed by atoms with Gasteiger partial charge < -0.3 is 0 Å². The molecule has 1 radical (unpaired) electrons. The van der Waals surface area contributed by atoms with Crippen LogP contribution in [0.5, 0.6) is 0 Å². The summed E-state index contributed by atoms with van der Waals surface area (Å²) in [5.41, 5.74) is 1.12. The largest absolute Gasteiger partial charge is 0.296 e. The van der Waals surface area contributed by atoms with Crippen molar-refractivity contribution < 1.29 is 0 Å². The Bertz CT molecular complexity index is 81.8. The summed E-state index contributed by atoms with van der Waals surface area (Å²) in [6.45, 7) is 7.50. The van der Waals surface area contributed by atoms with E-state index < -0.39 is 0 Å². The maximum Gasteiger partial charge on any atom is 0.213 e. The zero-order chi connectivity index (χ0) is 5.70. The van der Waals surface area contributed by atoms with Crippen molar-refractivity contribution in [2.75, 3.05) is 0 Å². The van der Waals surface area contributed by atoms with Crippen molar-refractivity contribution in [2.45, 2.75) is 13.2 Å². The lowest BCUT2D eigenvalue weighted by Gasteiger charge is -1.85. The molecule has 0 unspecified atom stereocenters. The van der Waals surface area contributed by atoms with Crippen LogP contribution in [-0.2, 0) is 0 Å². The van der Waals surface area contributed by atoms with Gasteiger partial charge in [-0.1, -0.05) is 13.8 Å². The standard InChI is InChI=1S/C4H8BNP/c1-4(2)3-5-7-6/h6H,1,3H2,2H3. The minimum atomic E-state index is 0.604. The van der Waals surface area contributed by atoms with E-state index in [-0.39, 0.29) is 0 Å². The quantitative estimate of drug-likeness (QED) is 0.329. The van der Waals surface area contributed by atoms with Crippen molar-refractivity contribution in [3.05, 3.63) is 12.2 Å². The monoisotopic (exact) mass is 112 g/mol. The summed E-state index contributed by atoms with van der Waals surface area (Å²) in [6, 6.07) is 0. The van der Waals surface area contributed by atoms with E-state index in [0.717, 1.165) is 11.9 Å². The lowest BCUT2D eigenvalue weighted by Crippen LogP contribution is -1.75. The van der Waals surface area contributed by atoms with E-state index >= 15 is 0 Å². The second-order valence-corrected chi connectivity index (χ2v) is 2.10. The molecule has 0 spiro atoms. The molecule has 0 aromatic heterocycles. The third-order valence-corrected chi connectivity index (χ3v) is 0.896. The van der Waals surface area contributed by atoms with E-state index in [1.165, 1.54) is 0 Å². The van der Waals surface area contributed by atoms with Crippen LogP contribution in [0, 0.1) is 5.16 Å². The first-order chi connectivity index (χ1) is 3.27. The Kier molecular flexibility index (Phi) is 4.02. The van der Waals surface area contributed by atoms with Gasteiger partial charge in [-0.15, -0.1) is 6.58 Å². The minimum absolute atomic E-state index is 0.604. The SMILES string of the molecule is C=C(C)C[B]P=N. The molecular weight excluding hydrogens is 104 g/mol. The summed E-state index contributed by atoms with van der Waals surface area (Å²) < 4.78 is 0. The summed E-state index contributed by atoms with van der Waals surface area (Å²) in [5.74, 6) is 0. The molecule has 0 amide bonds. The van der Waals surface area contributed by atoms with Gasteiger partial charge in [0, 0.05) is 0 Å². The van der Waals surface area contributed by atoms with Crippen LogP contribution in [0.4, 0.5) is 0 Å². The average Bonchev–Trinajstić information content (AvgIpc) is 1.61. The summed E-state index contributed by atoms with van der Waals surface area (Å²) in [5, 5.41) is 6.67. The van der Waals surface area contributed by atoms with E-state index in [1.807, 2.05) is 13.9 Å². The van der Waals surface area contributed by atoms with Gasteiger partial charge in [0.25, 0.3) is 0 Å². The number of allylic oxidation sites excluding steroid dienone is 1. The van der Waals surface area contributed by atoms with Gasteiger partial charge in [-0.25, -0.2) is 0 Å². The van der Waals surface area contributed by atoms with Gasteiger partial charge in [0.2, 0.25) is 7.00 Å². The third kappa shape index (κ3) is 5.90. The normalized spacial score (nSPS) is 8.71. The molecule has 0 saturated heterocycles. The second kappa shape index (κ2) is 4.07. The highest BCUT2D eigenvalue weighted by Gasteiger charge is 1.83. The van der Waals surface area contributed by atoms with Crippen LogP contribution in [0.1, 0.15) is 6.92 Å². The number of nitrogens with one attached hydrogen (secondary N) is 1. The van der Waals surface area contributed by atoms with Crippen LogP contribution in [0.3, 0.4) is 0 Å². The summed E-state index contributed by atoms with van der Waals surface area (Å²) in [6.07, 6.45) is 0.880. The van der Waals surface area contributed by atoms with E-state index in [2.05, 4.69) is 6.58 Å². The molecule has 0 aliphatic rings. The molecule has 0 aromatic carbocycles. The van der Waals surface area contributed by atoms with E-state index in [4.69, 9.17) is 5.16 Å².